The molecule has 9 amide bonds. The summed E-state index contributed by atoms with van der Waals surface area (Å²) in [6.45, 7) is 10.6. The molecule has 0 saturated carbocycles. The van der Waals surface area contributed by atoms with Gasteiger partial charge in [0.15, 0.2) is 5.72 Å². The highest BCUT2D eigenvalue weighted by Crippen LogP contribution is 2.49. The highest BCUT2D eigenvalue weighted by molar-refractivity contribution is 9.09. The van der Waals surface area contributed by atoms with Gasteiger partial charge < -0.3 is 76.0 Å². The van der Waals surface area contributed by atoms with E-state index in [0.717, 1.165) is 22.1 Å². The third-order valence-electron chi connectivity index (χ3n) is 15.9. The summed E-state index contributed by atoms with van der Waals surface area (Å²) < 4.78 is 29.5. The number of allylic oxidation sites excluding steroid dienone is 3. The summed E-state index contributed by atoms with van der Waals surface area (Å²) in [5.74, 6) is -5.73. The van der Waals surface area contributed by atoms with Crippen LogP contribution in [0, 0.1) is 17.8 Å². The van der Waals surface area contributed by atoms with Crippen LogP contribution in [0.3, 0.4) is 0 Å². The molecular formula is C60H84Br2ClN9O16. The second-order valence-electron chi connectivity index (χ2n) is 22.9. The maximum atomic E-state index is 14.5. The maximum absolute atomic E-state index is 14.5. The first-order valence-electron chi connectivity index (χ1n) is 29.1. The quantitative estimate of drug-likeness (QED) is 0.0191. The molecule has 4 bridgehead atoms. The standard InChI is InChI=1S/C60H84Br2ClN9O16/c1-32(2)50(69-47(74)19-12-11-13-22-65-52(76)38(30-61)31-62)54(78)68-40(17-15-23-66-57(64)81)53(77)67-39-21-20-37(27-42(39)73)55(79)71(7)35(5)56(80)87-46-28-48(75)72(8)41-25-36(26-43(84-9)49(41)63)24-33(3)16-14-18-45(85-10)60(83)29-44(86-58(82)70-60)34(4)51-59(46,6)88-51/h14,16,18,20-21,25-27,32,34-35,38,40,44-46,50-51,73,83H,11-13,15,17,19,22-24,28-31H2,1-10H3,(H,65,76)(H,67,77)(H,68,78)(H,69,74)(H,70,82)(H3,64,66,81)/b18-14+,33-16+/t34-,35+,40+,44+,45-,46+,50+,51+,59+,60+/m1/s1. The number of halogens is 3. The number of nitrogens with one attached hydrogen (secondary N) is 6. The van der Waals surface area contributed by atoms with Crippen molar-refractivity contribution in [2.24, 2.45) is 23.5 Å². The number of benzene rings is 2. The largest absolute Gasteiger partial charge is 0.506 e. The van der Waals surface area contributed by atoms with E-state index in [-0.39, 0.29) is 66.2 Å². The zero-order valence-corrected chi connectivity index (χ0v) is 55.2. The van der Waals surface area contributed by atoms with Gasteiger partial charge in [0.25, 0.3) is 5.91 Å². The van der Waals surface area contributed by atoms with Gasteiger partial charge in [0.05, 0.1) is 36.9 Å². The number of anilines is 2. The van der Waals surface area contributed by atoms with E-state index in [2.05, 4.69) is 63.8 Å². The minimum atomic E-state index is -1.93. The Morgan fingerprint density at radius 2 is 1.66 bits per heavy atom. The first-order valence-corrected chi connectivity index (χ1v) is 31.7. The number of phenolic OH excluding ortho intramolecular Hbond substituents is 1. The number of fused-ring (bicyclic) bond motifs is 5. The van der Waals surface area contributed by atoms with Crippen molar-refractivity contribution in [1.29, 1.82) is 0 Å². The van der Waals surface area contributed by atoms with E-state index < -0.39 is 120 Å². The van der Waals surface area contributed by atoms with E-state index in [0.29, 0.717) is 54.3 Å². The van der Waals surface area contributed by atoms with Gasteiger partial charge in [0.1, 0.15) is 58.6 Å². The van der Waals surface area contributed by atoms with E-state index >= 15 is 0 Å². The number of carbonyl (C=O) groups is 9. The fraction of sp³-hybridized carbons (Fsp3) is 0.583. The summed E-state index contributed by atoms with van der Waals surface area (Å²) in [5, 5.41) is 40.2. The maximum Gasteiger partial charge on any atom is 0.409 e. The van der Waals surface area contributed by atoms with Gasteiger partial charge in [0, 0.05) is 69.3 Å². The zero-order valence-electron chi connectivity index (χ0n) is 51.3. The molecule has 2 fully saturated rings. The highest BCUT2D eigenvalue weighted by Gasteiger charge is 2.64. The predicted molar refractivity (Wildman–Crippen MR) is 335 cm³/mol. The molecule has 0 aromatic heterocycles. The van der Waals surface area contributed by atoms with Crippen LogP contribution in [0.2, 0.25) is 5.02 Å². The summed E-state index contributed by atoms with van der Waals surface area (Å²) >= 11 is 13.5. The molecule has 25 nitrogen and oxygen atoms in total. The van der Waals surface area contributed by atoms with E-state index in [1.54, 1.807) is 52.0 Å². The number of methoxy groups -OCH3 is 2. The number of hydrogen-bond donors (Lipinski definition) is 9. The summed E-state index contributed by atoms with van der Waals surface area (Å²) in [5.41, 5.74) is 3.54. The minimum Gasteiger partial charge on any atom is -0.506 e. The molecule has 28 heteroatoms. The average Bonchev–Trinajstić information content (AvgIpc) is 1.68. The van der Waals surface area contributed by atoms with Crippen LogP contribution in [-0.4, -0.2) is 175 Å². The number of nitrogens with two attached hydrogens (primary N) is 1. The van der Waals surface area contributed by atoms with E-state index in [1.165, 1.54) is 52.3 Å². The van der Waals surface area contributed by atoms with Crippen molar-refractivity contribution in [3.63, 3.8) is 0 Å². The molecule has 0 unspecified atom stereocenters. The molecule has 0 aliphatic carbocycles. The smallest absolute Gasteiger partial charge is 0.409 e. The van der Waals surface area contributed by atoms with Crippen molar-refractivity contribution in [2.75, 3.05) is 62.3 Å². The van der Waals surface area contributed by atoms with Crippen LogP contribution >= 0.6 is 43.5 Å². The van der Waals surface area contributed by atoms with Crippen LogP contribution in [0.4, 0.5) is 21.0 Å². The van der Waals surface area contributed by atoms with Crippen LogP contribution in [0.25, 0.3) is 0 Å². The summed E-state index contributed by atoms with van der Waals surface area (Å²) in [4.78, 5) is 123. The van der Waals surface area contributed by atoms with Crippen molar-refractivity contribution in [3.05, 3.63) is 70.3 Å². The van der Waals surface area contributed by atoms with Crippen molar-refractivity contribution < 1.29 is 77.0 Å². The van der Waals surface area contributed by atoms with Crippen LogP contribution in [0.15, 0.2) is 54.1 Å². The number of aliphatic hydroxyl groups is 1. The molecule has 3 aliphatic rings. The first-order chi connectivity index (χ1) is 41.5. The van der Waals surface area contributed by atoms with Gasteiger partial charge in [-0.3, -0.25) is 34.1 Å². The number of epoxide rings is 1. The van der Waals surface area contributed by atoms with E-state index in [9.17, 15) is 53.4 Å². The lowest BCUT2D eigenvalue weighted by molar-refractivity contribution is -0.158. The Labute approximate surface area is 534 Å². The second-order valence-corrected chi connectivity index (χ2v) is 24.6. The Kier molecular flexibility index (Phi) is 26.9. The monoisotopic (exact) mass is 1380 g/mol. The van der Waals surface area contributed by atoms with Gasteiger partial charge >= 0.3 is 18.1 Å². The van der Waals surface area contributed by atoms with Crippen LogP contribution < -0.4 is 47.3 Å². The Morgan fingerprint density at radius 1 is 0.966 bits per heavy atom. The lowest BCUT2D eigenvalue weighted by Crippen LogP contribution is -2.63. The van der Waals surface area contributed by atoms with Crippen LogP contribution in [-0.2, 0) is 54.1 Å². The Bertz CT molecular complexity index is 2930. The number of ether oxygens (including phenoxy) is 5. The van der Waals surface area contributed by atoms with Gasteiger partial charge in [-0.1, -0.05) is 94.5 Å². The summed E-state index contributed by atoms with van der Waals surface area (Å²) in [6, 6.07) is 2.64. The molecule has 0 radical (unpaired) electrons. The lowest BCUT2D eigenvalue weighted by Gasteiger charge is -2.42. The van der Waals surface area contributed by atoms with Gasteiger partial charge in [0.2, 0.25) is 29.5 Å². The van der Waals surface area contributed by atoms with Gasteiger partial charge in [-0.05, 0) is 94.7 Å². The number of alkyl halides is 2. The van der Waals surface area contributed by atoms with Gasteiger partial charge in [-0.25, -0.2) is 14.4 Å². The molecular weight excluding hydrogens is 1300 g/mol. The SMILES string of the molecule is COc1cc2cc(c1Cl)N(C)C(=O)C[C@H](OC(=O)[C@H](C)N(C)C(=O)c1ccc(NC(=O)[C@H](CCCNC(N)=O)NC(=O)[C@@H](NC(=O)CCCCCNC(=O)C(CBr)CBr)C(C)C)c(O)c1)[C@]1(C)O[C@H]1[C@H](C)[C@@H]1C[C@@](O)(NC(=O)O1)[C@H](OC)/C=C/C=C(\C)C2. The number of alkyl carbamates (subject to hydrolysis) is 1. The molecule has 2 saturated heterocycles. The van der Waals surface area contributed by atoms with Gasteiger partial charge in [-0.2, -0.15) is 0 Å². The molecule has 0 spiro atoms. The van der Waals surface area contributed by atoms with Crippen molar-refractivity contribution >= 4 is 108 Å². The number of phenols is 1. The number of carbonyl (C=O) groups excluding carboxylic acids is 9. The molecule has 88 heavy (non-hydrogen) atoms. The number of unbranched alkanes of at least 4 members (excludes halogenated alkanes) is 2. The number of likely N-dealkylation sites (N-methyl/N-ethyl adjacent to an activating group) is 1. The normalized spacial score (nSPS) is 23.9. The van der Waals surface area contributed by atoms with Crippen LogP contribution in [0.1, 0.15) is 109 Å². The number of amides is 9. The molecule has 486 valence electrons. The number of urea groups is 1. The molecule has 5 rings (SSSR count). The minimum absolute atomic E-state index is 0.0214. The Balaban J connectivity index is 1.32. The topological polar surface area (TPSA) is 348 Å². The summed E-state index contributed by atoms with van der Waals surface area (Å²) in [7, 11) is 5.67. The van der Waals surface area contributed by atoms with Crippen molar-refractivity contribution in [1.82, 2.24) is 31.5 Å². The van der Waals surface area contributed by atoms with Gasteiger partial charge in [-0.15, -0.1) is 0 Å². The molecule has 10 atom stereocenters. The highest BCUT2D eigenvalue weighted by atomic mass is 79.9. The van der Waals surface area contributed by atoms with E-state index in [4.69, 9.17) is 41.0 Å². The number of primary amides is 1. The van der Waals surface area contributed by atoms with Crippen molar-refractivity contribution in [3.8, 4) is 11.5 Å². The lowest BCUT2D eigenvalue weighted by atomic mass is 9.83. The molecule has 2 aromatic rings. The van der Waals surface area contributed by atoms with E-state index in [1.807, 2.05) is 13.0 Å². The predicted octanol–water partition coefficient (Wildman–Crippen LogP) is 5.63. The van der Waals surface area contributed by atoms with Crippen molar-refractivity contribution in [2.45, 2.75) is 153 Å². The Hall–Kier alpha value is -6.52. The fourth-order valence-electron chi connectivity index (χ4n) is 10.3. The number of aromatic hydroxyl groups is 1. The first kappa shape index (κ1) is 72.2. The third kappa shape index (κ3) is 19.2. The zero-order chi connectivity index (χ0) is 65.4. The number of rotatable bonds is 25. The number of nitrogens with zero attached hydrogens (tertiary/aromatic N) is 2. The molecule has 2 aromatic carbocycles. The fourth-order valence-corrected chi connectivity index (χ4v) is 12.3. The van der Waals surface area contributed by atoms with Crippen LogP contribution in [0.5, 0.6) is 11.5 Å². The second kappa shape index (κ2) is 32.8. The number of esters is 1. The third-order valence-corrected chi connectivity index (χ3v) is 17.9. The molecule has 3 heterocycles. The average molecular weight is 1380 g/mol. The number of hydrogen-bond acceptors (Lipinski definition) is 16. The molecule has 3 aliphatic heterocycles. The summed E-state index contributed by atoms with van der Waals surface area (Å²) in [6.07, 6.45) is 1.88. The molecule has 10 N–H and O–H groups in total. The Morgan fingerprint density at radius 3 is 2.30 bits per heavy atom.